The van der Waals surface area contributed by atoms with Crippen LogP contribution < -0.4 is 4.74 Å². The number of rotatable bonds is 4. The summed E-state index contributed by atoms with van der Waals surface area (Å²) in [6.45, 7) is 1.25. The van der Waals surface area contributed by atoms with Crippen LogP contribution in [0.25, 0.3) is 10.9 Å². The summed E-state index contributed by atoms with van der Waals surface area (Å²) < 4.78 is 32.2. The third-order valence-corrected chi connectivity index (χ3v) is 6.94. The van der Waals surface area contributed by atoms with Crippen LogP contribution in [0.15, 0.2) is 59.6 Å². The SMILES string of the molecule is COc1ccc(S(=O)(=O)N2CCN(C(=O)c3ccc4cc[nH]c4c3)CC2)cc1. The quantitative estimate of drug-likeness (QED) is 0.730. The van der Waals surface area contributed by atoms with Gasteiger partial charge in [-0.25, -0.2) is 8.42 Å². The Hall–Kier alpha value is -2.84. The highest BCUT2D eigenvalue weighted by atomic mass is 32.2. The second-order valence-corrected chi connectivity index (χ2v) is 8.59. The predicted octanol–water partition coefficient (Wildman–Crippen LogP) is 2.32. The monoisotopic (exact) mass is 399 g/mol. The molecule has 1 amide bonds. The van der Waals surface area contributed by atoms with Crippen molar-refractivity contribution >= 4 is 26.8 Å². The van der Waals surface area contributed by atoms with Gasteiger partial charge in [-0.05, 0) is 47.9 Å². The van der Waals surface area contributed by atoms with Crippen LogP contribution in [0.3, 0.4) is 0 Å². The van der Waals surface area contributed by atoms with Gasteiger partial charge < -0.3 is 14.6 Å². The molecule has 0 bridgehead atoms. The van der Waals surface area contributed by atoms with E-state index in [0.29, 0.717) is 24.4 Å². The fraction of sp³-hybridized carbons (Fsp3) is 0.250. The Morgan fingerprint density at radius 3 is 2.39 bits per heavy atom. The molecule has 0 atom stereocenters. The molecule has 0 unspecified atom stereocenters. The molecule has 146 valence electrons. The van der Waals surface area contributed by atoms with Crippen molar-refractivity contribution < 1.29 is 17.9 Å². The average Bonchev–Trinajstić information content (AvgIpc) is 3.21. The largest absolute Gasteiger partial charge is 0.497 e. The Morgan fingerprint density at radius 1 is 1.00 bits per heavy atom. The highest BCUT2D eigenvalue weighted by Crippen LogP contribution is 2.22. The standard InChI is InChI=1S/C20H21N3O4S/c1-27-17-4-6-18(7-5-17)28(25,26)23-12-10-22(11-13-23)20(24)16-3-2-15-8-9-21-19(15)14-16/h2-9,14,21H,10-13H2,1H3. The third kappa shape index (κ3) is 3.36. The van der Waals surface area contributed by atoms with E-state index in [1.54, 1.807) is 23.1 Å². The van der Waals surface area contributed by atoms with Crippen molar-refractivity contribution in [1.29, 1.82) is 0 Å². The van der Waals surface area contributed by atoms with Crippen molar-refractivity contribution in [3.8, 4) is 5.75 Å². The number of nitrogens with zero attached hydrogens (tertiary/aromatic N) is 2. The van der Waals surface area contributed by atoms with Gasteiger partial charge in [-0.1, -0.05) is 6.07 Å². The number of nitrogens with one attached hydrogen (secondary N) is 1. The first-order valence-corrected chi connectivity index (χ1v) is 10.4. The number of benzene rings is 2. The number of carbonyl (C=O) groups excluding carboxylic acids is 1. The Balaban J connectivity index is 1.45. The first-order valence-electron chi connectivity index (χ1n) is 9.00. The zero-order valence-electron chi connectivity index (χ0n) is 15.5. The Morgan fingerprint density at radius 2 is 1.71 bits per heavy atom. The Bertz CT molecular complexity index is 1100. The maximum absolute atomic E-state index is 12.8. The number of hydrogen-bond acceptors (Lipinski definition) is 4. The topological polar surface area (TPSA) is 82.7 Å². The van der Waals surface area contributed by atoms with Gasteiger partial charge >= 0.3 is 0 Å². The third-order valence-electron chi connectivity index (χ3n) is 5.03. The molecule has 2 aromatic carbocycles. The van der Waals surface area contributed by atoms with Crippen molar-refractivity contribution in [3.63, 3.8) is 0 Å². The van der Waals surface area contributed by atoms with Crippen molar-refractivity contribution in [1.82, 2.24) is 14.2 Å². The first kappa shape index (κ1) is 18.5. The fourth-order valence-electron chi connectivity index (χ4n) is 3.39. The number of sulfonamides is 1. The predicted molar refractivity (Wildman–Crippen MR) is 106 cm³/mol. The number of fused-ring (bicyclic) bond motifs is 1. The van der Waals surface area contributed by atoms with E-state index in [4.69, 9.17) is 4.74 Å². The molecule has 0 radical (unpaired) electrons. The number of hydrogen-bond donors (Lipinski definition) is 1. The fourth-order valence-corrected chi connectivity index (χ4v) is 4.81. The summed E-state index contributed by atoms with van der Waals surface area (Å²) in [6.07, 6.45) is 1.84. The number of piperazine rings is 1. The van der Waals surface area contributed by atoms with Crippen LogP contribution in [0, 0.1) is 0 Å². The molecular weight excluding hydrogens is 378 g/mol. The smallest absolute Gasteiger partial charge is 0.254 e. The molecule has 7 nitrogen and oxygen atoms in total. The van der Waals surface area contributed by atoms with Crippen molar-refractivity contribution in [2.24, 2.45) is 0 Å². The van der Waals surface area contributed by atoms with Gasteiger partial charge in [0.1, 0.15) is 5.75 Å². The summed E-state index contributed by atoms with van der Waals surface area (Å²) in [5, 5.41) is 1.05. The lowest BCUT2D eigenvalue weighted by molar-refractivity contribution is 0.0698. The zero-order chi connectivity index (χ0) is 19.7. The van der Waals surface area contributed by atoms with E-state index < -0.39 is 10.0 Å². The number of methoxy groups -OCH3 is 1. The molecule has 4 rings (SSSR count). The maximum atomic E-state index is 12.8. The van der Waals surface area contributed by atoms with E-state index in [1.807, 2.05) is 24.4 Å². The summed E-state index contributed by atoms with van der Waals surface area (Å²) >= 11 is 0. The van der Waals surface area contributed by atoms with Gasteiger partial charge in [0.15, 0.2) is 0 Å². The number of aromatic amines is 1. The molecule has 0 aliphatic carbocycles. The molecule has 0 spiro atoms. The molecule has 1 aliphatic rings. The van der Waals surface area contributed by atoms with Gasteiger partial charge in [0.2, 0.25) is 10.0 Å². The average molecular weight is 399 g/mol. The minimum absolute atomic E-state index is 0.0852. The molecule has 1 saturated heterocycles. The summed E-state index contributed by atoms with van der Waals surface area (Å²) in [4.78, 5) is 17.8. The van der Waals surface area contributed by atoms with Crippen LogP contribution in [0.2, 0.25) is 0 Å². The van der Waals surface area contributed by atoms with Crippen LogP contribution in [0.1, 0.15) is 10.4 Å². The number of H-pyrrole nitrogens is 1. The van der Waals surface area contributed by atoms with Gasteiger partial charge in [-0.2, -0.15) is 4.31 Å². The lowest BCUT2D eigenvalue weighted by Crippen LogP contribution is -2.50. The molecular formula is C20H21N3O4S. The van der Waals surface area contributed by atoms with E-state index in [0.717, 1.165) is 10.9 Å². The first-order chi connectivity index (χ1) is 13.5. The molecule has 1 aliphatic heterocycles. The van der Waals surface area contributed by atoms with Crippen molar-refractivity contribution in [2.45, 2.75) is 4.90 Å². The minimum Gasteiger partial charge on any atom is -0.497 e. The molecule has 0 saturated carbocycles. The molecule has 1 N–H and O–H groups in total. The van der Waals surface area contributed by atoms with E-state index in [1.165, 1.54) is 23.5 Å². The molecule has 1 fully saturated rings. The molecule has 28 heavy (non-hydrogen) atoms. The Kier molecular flexibility index (Phi) is 4.82. The van der Waals surface area contributed by atoms with Gasteiger partial charge in [-0.15, -0.1) is 0 Å². The van der Waals surface area contributed by atoms with E-state index in [-0.39, 0.29) is 23.9 Å². The summed E-state index contributed by atoms with van der Waals surface area (Å²) in [7, 11) is -2.05. The van der Waals surface area contributed by atoms with E-state index in [9.17, 15) is 13.2 Å². The molecule has 3 aromatic rings. The zero-order valence-corrected chi connectivity index (χ0v) is 16.3. The summed E-state index contributed by atoms with van der Waals surface area (Å²) in [5.41, 5.74) is 1.51. The van der Waals surface area contributed by atoms with Crippen LogP contribution in [0.4, 0.5) is 0 Å². The van der Waals surface area contributed by atoms with Gasteiger partial charge in [0.05, 0.1) is 12.0 Å². The molecule has 2 heterocycles. The van der Waals surface area contributed by atoms with Crippen molar-refractivity contribution in [2.75, 3.05) is 33.3 Å². The molecule has 1 aromatic heterocycles. The highest BCUT2D eigenvalue weighted by Gasteiger charge is 2.30. The lowest BCUT2D eigenvalue weighted by atomic mass is 10.1. The summed E-state index contributed by atoms with van der Waals surface area (Å²) in [5.74, 6) is 0.520. The van der Waals surface area contributed by atoms with Crippen LogP contribution in [-0.2, 0) is 10.0 Å². The van der Waals surface area contributed by atoms with E-state index >= 15 is 0 Å². The van der Waals surface area contributed by atoms with Crippen LogP contribution >= 0.6 is 0 Å². The number of amides is 1. The number of carbonyl (C=O) groups is 1. The minimum atomic E-state index is -3.59. The molecule has 8 heteroatoms. The summed E-state index contributed by atoms with van der Waals surface area (Å²) in [6, 6.07) is 13.8. The van der Waals surface area contributed by atoms with E-state index in [2.05, 4.69) is 4.98 Å². The van der Waals surface area contributed by atoms with Gasteiger partial charge in [-0.3, -0.25) is 4.79 Å². The second kappa shape index (κ2) is 7.29. The lowest BCUT2D eigenvalue weighted by Gasteiger charge is -2.34. The van der Waals surface area contributed by atoms with Crippen molar-refractivity contribution in [3.05, 3.63) is 60.3 Å². The number of aromatic nitrogens is 1. The Labute approximate surface area is 163 Å². The van der Waals surface area contributed by atoms with Gasteiger partial charge in [0, 0.05) is 43.5 Å². The highest BCUT2D eigenvalue weighted by molar-refractivity contribution is 7.89. The van der Waals surface area contributed by atoms with Crippen LogP contribution in [0.5, 0.6) is 5.75 Å². The van der Waals surface area contributed by atoms with Crippen LogP contribution in [-0.4, -0.2) is 61.8 Å². The van der Waals surface area contributed by atoms with Gasteiger partial charge in [0.25, 0.3) is 5.91 Å². The maximum Gasteiger partial charge on any atom is 0.254 e. The normalized spacial score (nSPS) is 15.7. The second-order valence-electron chi connectivity index (χ2n) is 6.65. The number of ether oxygens (including phenoxy) is 1.